The molecule has 31 heavy (non-hydrogen) atoms. The van der Waals surface area contributed by atoms with Crippen LogP contribution in [0.25, 0.3) is 28.2 Å². The van der Waals surface area contributed by atoms with Crippen LogP contribution in [-0.4, -0.2) is 40.0 Å². The highest BCUT2D eigenvalue weighted by Crippen LogP contribution is 2.29. The highest BCUT2D eigenvalue weighted by Gasteiger charge is 2.14. The lowest BCUT2D eigenvalue weighted by Crippen LogP contribution is -2.07. The summed E-state index contributed by atoms with van der Waals surface area (Å²) in [6.07, 6.45) is 5.04. The third-order valence-corrected chi connectivity index (χ3v) is 5.45. The van der Waals surface area contributed by atoms with Gasteiger partial charge in [0.15, 0.2) is 11.5 Å². The maximum absolute atomic E-state index is 4.73. The van der Waals surface area contributed by atoms with Crippen LogP contribution in [0.1, 0.15) is 37.2 Å². The molecule has 8 heteroatoms. The number of tetrazole rings is 1. The smallest absolute Gasteiger partial charge is 0.205 e. The van der Waals surface area contributed by atoms with E-state index in [9.17, 15) is 0 Å². The normalized spacial score (nSPS) is 11.4. The number of hydrogen-bond donors (Lipinski definition) is 1. The zero-order valence-corrected chi connectivity index (χ0v) is 17.7. The number of rotatable bonds is 7. The number of fused-ring (bicyclic) bond motifs is 1. The van der Waals surface area contributed by atoms with Gasteiger partial charge in [-0.15, -0.1) is 15.3 Å². The summed E-state index contributed by atoms with van der Waals surface area (Å²) in [5, 5.41) is 19.2. The lowest BCUT2D eigenvalue weighted by atomic mass is 9.98. The second kappa shape index (κ2) is 8.14. The average molecular weight is 413 g/mol. The minimum Gasteiger partial charge on any atom is -0.266 e. The molecule has 0 saturated heterocycles. The molecule has 0 aliphatic heterocycles. The van der Waals surface area contributed by atoms with E-state index in [2.05, 4.69) is 75.7 Å². The van der Waals surface area contributed by atoms with E-state index in [0.29, 0.717) is 5.82 Å². The van der Waals surface area contributed by atoms with Crippen molar-refractivity contribution in [2.24, 2.45) is 0 Å². The van der Waals surface area contributed by atoms with Crippen LogP contribution in [0.5, 0.6) is 0 Å². The van der Waals surface area contributed by atoms with Gasteiger partial charge in [-0.3, -0.25) is 4.68 Å². The van der Waals surface area contributed by atoms with Gasteiger partial charge >= 0.3 is 0 Å². The van der Waals surface area contributed by atoms with E-state index in [0.717, 1.165) is 54.0 Å². The van der Waals surface area contributed by atoms with Crippen molar-refractivity contribution in [3.8, 4) is 22.5 Å². The van der Waals surface area contributed by atoms with E-state index in [1.807, 2.05) is 22.8 Å². The SMILES string of the molecule is CCCc1nc2c(CC)cn(Cc3ccc(-c4ccccc4-c4nn[nH]n4)cc3)n2n1. The lowest BCUT2D eigenvalue weighted by Gasteiger charge is -2.09. The Labute approximate surface area is 179 Å². The van der Waals surface area contributed by atoms with Gasteiger partial charge in [0.2, 0.25) is 5.82 Å². The van der Waals surface area contributed by atoms with Gasteiger partial charge in [-0.1, -0.05) is 62.4 Å². The summed E-state index contributed by atoms with van der Waals surface area (Å²) >= 11 is 0. The number of nitrogens with one attached hydrogen (secondary N) is 1. The molecule has 0 bridgehead atoms. The first-order valence-electron chi connectivity index (χ1n) is 10.6. The zero-order valence-electron chi connectivity index (χ0n) is 17.7. The second-order valence-corrected chi connectivity index (χ2v) is 7.57. The number of benzene rings is 2. The van der Waals surface area contributed by atoms with E-state index < -0.39 is 0 Å². The number of aromatic nitrogens is 8. The summed E-state index contributed by atoms with van der Waals surface area (Å²) in [5.41, 5.74) is 6.54. The van der Waals surface area contributed by atoms with E-state index >= 15 is 0 Å². The molecule has 0 unspecified atom stereocenters. The monoisotopic (exact) mass is 412 g/mol. The Hall–Kier alpha value is -3.81. The predicted molar refractivity (Wildman–Crippen MR) is 119 cm³/mol. The molecule has 5 aromatic rings. The summed E-state index contributed by atoms with van der Waals surface area (Å²) in [6, 6.07) is 16.7. The number of H-pyrrole nitrogens is 1. The van der Waals surface area contributed by atoms with Crippen molar-refractivity contribution < 1.29 is 0 Å². The van der Waals surface area contributed by atoms with E-state index in [-0.39, 0.29) is 0 Å². The van der Waals surface area contributed by atoms with Crippen LogP contribution in [0.4, 0.5) is 0 Å². The van der Waals surface area contributed by atoms with Crippen molar-refractivity contribution in [3.63, 3.8) is 0 Å². The molecule has 8 nitrogen and oxygen atoms in total. The van der Waals surface area contributed by atoms with Crippen LogP contribution < -0.4 is 0 Å². The maximum atomic E-state index is 4.73. The quantitative estimate of drug-likeness (QED) is 0.437. The van der Waals surface area contributed by atoms with Crippen molar-refractivity contribution in [2.45, 2.75) is 39.7 Å². The lowest BCUT2D eigenvalue weighted by molar-refractivity contribution is 0.578. The standard InChI is InChI=1S/C23H24N8/c1-3-7-21-24-23-17(4-2)15-30(31(23)27-21)14-16-10-12-18(13-11-16)19-8-5-6-9-20(19)22-25-28-29-26-22/h5-6,8-13,15H,3-4,7,14H2,1-2H3,(H,25,26,28,29). The fourth-order valence-corrected chi connectivity index (χ4v) is 3.89. The van der Waals surface area contributed by atoms with Crippen molar-refractivity contribution in [1.29, 1.82) is 0 Å². The second-order valence-electron chi connectivity index (χ2n) is 7.57. The van der Waals surface area contributed by atoms with E-state index in [1.165, 1.54) is 11.1 Å². The molecule has 0 spiro atoms. The third kappa shape index (κ3) is 3.61. The van der Waals surface area contributed by atoms with Gasteiger partial charge in [0.1, 0.15) is 0 Å². The topological polar surface area (TPSA) is 89.6 Å². The maximum Gasteiger partial charge on any atom is 0.205 e. The Bertz CT molecular complexity index is 1300. The molecule has 3 aromatic heterocycles. The number of hydrogen-bond acceptors (Lipinski definition) is 5. The van der Waals surface area contributed by atoms with E-state index in [1.54, 1.807) is 0 Å². The van der Waals surface area contributed by atoms with Gasteiger partial charge < -0.3 is 0 Å². The van der Waals surface area contributed by atoms with Gasteiger partial charge in [-0.25, -0.2) is 4.98 Å². The van der Waals surface area contributed by atoms with Gasteiger partial charge in [0.05, 0.1) is 6.54 Å². The van der Waals surface area contributed by atoms with Gasteiger partial charge in [-0.05, 0) is 34.7 Å². The van der Waals surface area contributed by atoms with Crippen molar-refractivity contribution in [3.05, 3.63) is 71.7 Å². The Morgan fingerprint density at radius 2 is 1.77 bits per heavy atom. The Morgan fingerprint density at radius 1 is 0.968 bits per heavy atom. The molecule has 0 atom stereocenters. The van der Waals surface area contributed by atoms with Crippen molar-refractivity contribution in [2.75, 3.05) is 0 Å². The molecule has 0 amide bonds. The molecular weight excluding hydrogens is 388 g/mol. The molecule has 3 heterocycles. The fourth-order valence-electron chi connectivity index (χ4n) is 3.89. The summed E-state index contributed by atoms with van der Waals surface area (Å²) in [7, 11) is 0. The summed E-state index contributed by atoms with van der Waals surface area (Å²) < 4.78 is 4.09. The minimum absolute atomic E-state index is 0.593. The molecule has 0 aliphatic rings. The number of aromatic amines is 1. The van der Waals surface area contributed by atoms with Gasteiger partial charge in [-0.2, -0.15) is 9.84 Å². The third-order valence-electron chi connectivity index (χ3n) is 5.45. The first kappa shape index (κ1) is 19.2. The molecule has 0 saturated carbocycles. The first-order chi connectivity index (χ1) is 15.3. The minimum atomic E-state index is 0.593. The van der Waals surface area contributed by atoms with Crippen LogP contribution in [0.2, 0.25) is 0 Å². The Morgan fingerprint density at radius 3 is 2.48 bits per heavy atom. The zero-order chi connectivity index (χ0) is 21.2. The van der Waals surface area contributed by atoms with E-state index in [4.69, 9.17) is 10.1 Å². The largest absolute Gasteiger partial charge is 0.266 e. The molecule has 156 valence electrons. The van der Waals surface area contributed by atoms with Crippen LogP contribution in [0, 0.1) is 0 Å². The molecule has 0 aliphatic carbocycles. The molecule has 2 aromatic carbocycles. The van der Waals surface area contributed by atoms with Crippen molar-refractivity contribution in [1.82, 2.24) is 40.0 Å². The van der Waals surface area contributed by atoms with Crippen LogP contribution >= 0.6 is 0 Å². The summed E-state index contributed by atoms with van der Waals surface area (Å²) in [4.78, 5) is 4.73. The highest BCUT2D eigenvalue weighted by molar-refractivity contribution is 5.80. The van der Waals surface area contributed by atoms with Crippen LogP contribution in [0.3, 0.4) is 0 Å². The predicted octanol–water partition coefficient (Wildman–Crippen LogP) is 3.94. The average Bonchev–Trinajstić information content (AvgIpc) is 3.53. The molecule has 1 N–H and O–H groups in total. The highest BCUT2D eigenvalue weighted by atomic mass is 15.5. The molecule has 5 rings (SSSR count). The van der Waals surface area contributed by atoms with Crippen LogP contribution in [-0.2, 0) is 19.4 Å². The number of aryl methyl sites for hydroxylation is 2. The molecule has 0 radical (unpaired) electrons. The summed E-state index contributed by atoms with van der Waals surface area (Å²) in [5.74, 6) is 1.51. The Balaban J connectivity index is 1.45. The first-order valence-corrected chi connectivity index (χ1v) is 10.6. The van der Waals surface area contributed by atoms with Gasteiger partial charge in [0, 0.05) is 23.7 Å². The molecule has 0 fully saturated rings. The Kier molecular flexibility index (Phi) is 5.03. The van der Waals surface area contributed by atoms with Gasteiger partial charge in [0.25, 0.3) is 0 Å². The van der Waals surface area contributed by atoms with Crippen LogP contribution in [0.15, 0.2) is 54.7 Å². The summed E-state index contributed by atoms with van der Waals surface area (Å²) in [6.45, 7) is 5.04. The van der Waals surface area contributed by atoms with Crippen molar-refractivity contribution >= 4 is 5.65 Å². The fraction of sp³-hybridized carbons (Fsp3) is 0.261. The molecular formula is C23H24N8. The number of nitrogens with zero attached hydrogens (tertiary/aromatic N) is 7.